The number of nitrogens with two attached hydrogens (primary N) is 1. The summed E-state index contributed by atoms with van der Waals surface area (Å²) in [6.07, 6.45) is 1.91. The van der Waals surface area contributed by atoms with Gasteiger partial charge in [0.25, 0.3) is 11.6 Å². The van der Waals surface area contributed by atoms with E-state index in [9.17, 15) is 14.9 Å². The number of nitro groups is 1. The lowest BCUT2D eigenvalue weighted by atomic mass is 10.1. The van der Waals surface area contributed by atoms with Gasteiger partial charge in [0.2, 0.25) is 0 Å². The van der Waals surface area contributed by atoms with E-state index in [0.29, 0.717) is 12.2 Å². The molecule has 0 atom stereocenters. The second-order valence-electron chi connectivity index (χ2n) is 3.38. The molecule has 0 unspecified atom stereocenters. The highest BCUT2D eigenvalue weighted by atomic mass is 32.2. The normalized spacial score (nSPS) is 9.89. The second kappa shape index (κ2) is 6.82. The average Bonchev–Trinajstić information content (AvgIpc) is 2.38. The number of amides is 1. The van der Waals surface area contributed by atoms with Crippen molar-refractivity contribution in [1.29, 1.82) is 0 Å². The van der Waals surface area contributed by atoms with Crippen LogP contribution in [0.4, 0.5) is 11.4 Å². The molecular formula is C10H14N4O3S. The number of hydrazine groups is 1. The summed E-state index contributed by atoms with van der Waals surface area (Å²) in [5, 5.41) is 13.4. The Hall–Kier alpha value is -1.80. The molecule has 0 heterocycles. The molecule has 0 fully saturated rings. The SMILES string of the molecule is CSCCNC(=O)c1cc(NN)ccc1[N+](=O)[O-]. The van der Waals surface area contributed by atoms with Crippen LogP contribution in [0.25, 0.3) is 0 Å². The number of thioether (sulfide) groups is 1. The predicted octanol–water partition coefficient (Wildman–Crippen LogP) is 0.973. The fraction of sp³-hybridized carbons (Fsp3) is 0.300. The Morgan fingerprint density at radius 2 is 2.28 bits per heavy atom. The topological polar surface area (TPSA) is 110 Å². The highest BCUT2D eigenvalue weighted by Gasteiger charge is 2.20. The van der Waals surface area contributed by atoms with Crippen LogP contribution in [0.2, 0.25) is 0 Å². The molecular weight excluding hydrogens is 256 g/mol. The van der Waals surface area contributed by atoms with E-state index >= 15 is 0 Å². The Kier molecular flexibility index (Phi) is 5.40. The maximum Gasteiger partial charge on any atom is 0.282 e. The minimum absolute atomic E-state index is 0.00319. The van der Waals surface area contributed by atoms with Gasteiger partial charge in [0, 0.05) is 24.1 Å². The van der Waals surface area contributed by atoms with Gasteiger partial charge in [-0.3, -0.25) is 20.8 Å². The molecule has 0 bridgehead atoms. The van der Waals surface area contributed by atoms with Crippen molar-refractivity contribution in [2.24, 2.45) is 5.84 Å². The van der Waals surface area contributed by atoms with Crippen LogP contribution in [0.1, 0.15) is 10.4 Å². The number of benzene rings is 1. The van der Waals surface area contributed by atoms with Gasteiger partial charge in [-0.15, -0.1) is 0 Å². The molecule has 18 heavy (non-hydrogen) atoms. The first-order chi connectivity index (χ1) is 8.60. The average molecular weight is 270 g/mol. The molecule has 0 aliphatic heterocycles. The molecule has 98 valence electrons. The molecule has 0 aliphatic carbocycles. The summed E-state index contributed by atoms with van der Waals surface area (Å²) >= 11 is 1.58. The zero-order chi connectivity index (χ0) is 13.5. The van der Waals surface area contributed by atoms with E-state index in [1.165, 1.54) is 18.2 Å². The van der Waals surface area contributed by atoms with Gasteiger partial charge < -0.3 is 10.7 Å². The third-order valence-corrected chi connectivity index (χ3v) is 2.81. The van der Waals surface area contributed by atoms with Crippen molar-refractivity contribution < 1.29 is 9.72 Å². The number of nitrogens with zero attached hydrogens (tertiary/aromatic N) is 1. The van der Waals surface area contributed by atoms with Gasteiger partial charge in [-0.1, -0.05) is 0 Å². The molecule has 1 aromatic carbocycles. The van der Waals surface area contributed by atoms with Crippen molar-refractivity contribution in [3.8, 4) is 0 Å². The van der Waals surface area contributed by atoms with Crippen LogP contribution in [0.5, 0.6) is 0 Å². The summed E-state index contributed by atoms with van der Waals surface area (Å²) in [5.74, 6) is 5.48. The molecule has 1 aromatic rings. The number of rotatable bonds is 6. The summed E-state index contributed by atoms with van der Waals surface area (Å²) < 4.78 is 0. The summed E-state index contributed by atoms with van der Waals surface area (Å²) in [7, 11) is 0. The quantitative estimate of drug-likeness (QED) is 0.307. The number of carbonyl (C=O) groups excluding carboxylic acids is 1. The predicted molar refractivity (Wildman–Crippen MR) is 71.6 cm³/mol. The van der Waals surface area contributed by atoms with E-state index in [1.54, 1.807) is 11.8 Å². The first kappa shape index (κ1) is 14.3. The van der Waals surface area contributed by atoms with Crippen molar-refractivity contribution in [3.63, 3.8) is 0 Å². The lowest BCUT2D eigenvalue weighted by molar-refractivity contribution is -0.385. The Bertz CT molecular complexity index is 453. The summed E-state index contributed by atoms with van der Waals surface area (Å²) in [6.45, 7) is 0.456. The third kappa shape index (κ3) is 3.60. The van der Waals surface area contributed by atoms with Crippen LogP contribution in [-0.2, 0) is 0 Å². The molecule has 1 amide bonds. The number of nitrogen functional groups attached to an aromatic ring is 1. The van der Waals surface area contributed by atoms with Crippen LogP contribution < -0.4 is 16.6 Å². The van der Waals surface area contributed by atoms with Gasteiger partial charge in [-0.25, -0.2) is 0 Å². The zero-order valence-corrected chi connectivity index (χ0v) is 10.6. The monoisotopic (exact) mass is 270 g/mol. The lowest BCUT2D eigenvalue weighted by Crippen LogP contribution is -2.26. The Morgan fingerprint density at radius 1 is 1.56 bits per heavy atom. The van der Waals surface area contributed by atoms with Gasteiger partial charge >= 0.3 is 0 Å². The van der Waals surface area contributed by atoms with Crippen molar-refractivity contribution in [3.05, 3.63) is 33.9 Å². The summed E-state index contributed by atoms with van der Waals surface area (Å²) in [6, 6.07) is 4.04. The smallest absolute Gasteiger partial charge is 0.282 e. The van der Waals surface area contributed by atoms with E-state index in [0.717, 1.165) is 5.75 Å². The molecule has 0 saturated heterocycles. The fourth-order valence-corrected chi connectivity index (χ4v) is 1.63. The van der Waals surface area contributed by atoms with Gasteiger partial charge in [-0.2, -0.15) is 11.8 Å². The van der Waals surface area contributed by atoms with Crippen LogP contribution in [0.15, 0.2) is 18.2 Å². The van der Waals surface area contributed by atoms with Gasteiger partial charge in [0.1, 0.15) is 5.56 Å². The molecule has 0 aliphatic rings. The number of anilines is 1. The fourth-order valence-electron chi connectivity index (χ4n) is 1.33. The van der Waals surface area contributed by atoms with E-state index in [4.69, 9.17) is 5.84 Å². The number of carbonyl (C=O) groups is 1. The number of nitrogens with one attached hydrogen (secondary N) is 2. The second-order valence-corrected chi connectivity index (χ2v) is 4.37. The van der Waals surface area contributed by atoms with Gasteiger partial charge in [0.05, 0.1) is 4.92 Å². The van der Waals surface area contributed by atoms with Crippen molar-refractivity contribution >= 4 is 29.0 Å². The van der Waals surface area contributed by atoms with Crippen LogP contribution in [-0.4, -0.2) is 29.4 Å². The molecule has 1 rings (SSSR count). The van der Waals surface area contributed by atoms with E-state index < -0.39 is 10.8 Å². The zero-order valence-electron chi connectivity index (χ0n) is 9.80. The van der Waals surface area contributed by atoms with E-state index in [2.05, 4.69) is 10.7 Å². The Labute approximate surface area is 108 Å². The van der Waals surface area contributed by atoms with Crippen LogP contribution in [0.3, 0.4) is 0 Å². The molecule has 0 aromatic heterocycles. The Morgan fingerprint density at radius 3 is 2.83 bits per heavy atom. The molecule has 0 radical (unpaired) electrons. The van der Waals surface area contributed by atoms with Gasteiger partial charge in [-0.05, 0) is 18.4 Å². The van der Waals surface area contributed by atoms with Crippen LogP contribution >= 0.6 is 11.8 Å². The first-order valence-corrected chi connectivity index (χ1v) is 6.51. The largest absolute Gasteiger partial charge is 0.351 e. The molecule has 4 N–H and O–H groups in total. The molecule has 0 spiro atoms. The molecule has 7 nitrogen and oxygen atoms in total. The molecule has 0 saturated carbocycles. The Balaban J connectivity index is 2.96. The van der Waals surface area contributed by atoms with Gasteiger partial charge in [0.15, 0.2) is 0 Å². The number of hydrogen-bond acceptors (Lipinski definition) is 6. The minimum Gasteiger partial charge on any atom is -0.351 e. The maximum absolute atomic E-state index is 11.8. The maximum atomic E-state index is 11.8. The summed E-state index contributed by atoms with van der Waals surface area (Å²) in [5.41, 5.74) is 2.55. The highest BCUT2D eigenvalue weighted by Crippen LogP contribution is 2.22. The van der Waals surface area contributed by atoms with Crippen molar-refractivity contribution in [1.82, 2.24) is 5.32 Å². The summed E-state index contributed by atoms with van der Waals surface area (Å²) in [4.78, 5) is 22.1. The van der Waals surface area contributed by atoms with E-state index in [-0.39, 0.29) is 11.3 Å². The third-order valence-electron chi connectivity index (χ3n) is 2.20. The standard InChI is InChI=1S/C10H14N4O3S/c1-18-5-4-12-10(15)8-6-7(13-11)2-3-9(8)14(16)17/h2-3,6,13H,4-5,11H2,1H3,(H,12,15). The number of nitro benzene ring substituents is 1. The lowest BCUT2D eigenvalue weighted by Gasteiger charge is -2.07. The number of hydrogen-bond donors (Lipinski definition) is 3. The molecule has 8 heteroatoms. The highest BCUT2D eigenvalue weighted by molar-refractivity contribution is 7.98. The minimum atomic E-state index is -0.593. The van der Waals surface area contributed by atoms with Crippen molar-refractivity contribution in [2.75, 3.05) is 24.0 Å². The first-order valence-electron chi connectivity index (χ1n) is 5.12. The van der Waals surface area contributed by atoms with Crippen molar-refractivity contribution in [2.45, 2.75) is 0 Å². The van der Waals surface area contributed by atoms with E-state index in [1.807, 2.05) is 6.26 Å². The van der Waals surface area contributed by atoms with Crippen LogP contribution in [0, 0.1) is 10.1 Å².